The third-order valence-corrected chi connectivity index (χ3v) is 3.65. The van der Waals surface area contributed by atoms with E-state index in [1.165, 1.54) is 6.07 Å². The van der Waals surface area contributed by atoms with Crippen LogP contribution in [0.3, 0.4) is 0 Å². The maximum Gasteiger partial charge on any atom is 0.257 e. The van der Waals surface area contributed by atoms with E-state index in [-0.39, 0.29) is 22.0 Å². The number of para-hydroxylation sites is 1. The summed E-state index contributed by atoms with van der Waals surface area (Å²) < 4.78 is 0. The zero-order valence-corrected chi connectivity index (χ0v) is 15.1. The van der Waals surface area contributed by atoms with Gasteiger partial charge in [-0.2, -0.15) is 0 Å². The van der Waals surface area contributed by atoms with Crippen molar-refractivity contribution in [1.82, 2.24) is 5.32 Å². The summed E-state index contributed by atoms with van der Waals surface area (Å²) >= 11 is 12.0. The molecule has 0 spiro atoms. The Morgan fingerprint density at radius 3 is 2.25 bits per heavy atom. The van der Waals surface area contributed by atoms with Crippen molar-refractivity contribution in [3.05, 3.63) is 63.6 Å². The van der Waals surface area contributed by atoms with Crippen LogP contribution >= 0.6 is 23.2 Å². The van der Waals surface area contributed by atoms with Crippen LogP contribution < -0.4 is 10.6 Å². The van der Waals surface area contributed by atoms with Crippen LogP contribution in [0.1, 0.15) is 41.5 Å². The fraction of sp³-hybridized carbons (Fsp3) is 0.222. The van der Waals surface area contributed by atoms with Gasteiger partial charge < -0.3 is 10.6 Å². The molecule has 2 aromatic rings. The van der Waals surface area contributed by atoms with Gasteiger partial charge in [0.2, 0.25) is 0 Å². The van der Waals surface area contributed by atoms with Gasteiger partial charge in [0, 0.05) is 10.6 Å². The normalized spacial score (nSPS) is 11.0. The van der Waals surface area contributed by atoms with Crippen molar-refractivity contribution in [2.24, 2.45) is 0 Å². The molecule has 126 valence electrons. The van der Waals surface area contributed by atoms with Gasteiger partial charge in [-0.15, -0.1) is 0 Å². The van der Waals surface area contributed by atoms with E-state index in [0.717, 1.165) is 0 Å². The van der Waals surface area contributed by atoms with Crippen LogP contribution in [0.4, 0.5) is 5.69 Å². The second-order valence-corrected chi connectivity index (χ2v) is 7.17. The molecule has 2 aromatic carbocycles. The Bertz CT molecular complexity index is 783. The molecule has 0 aliphatic heterocycles. The van der Waals surface area contributed by atoms with Gasteiger partial charge in [-0.05, 0) is 51.1 Å². The van der Waals surface area contributed by atoms with E-state index in [4.69, 9.17) is 23.2 Å². The van der Waals surface area contributed by atoms with Gasteiger partial charge in [-0.25, -0.2) is 0 Å². The highest BCUT2D eigenvalue weighted by molar-refractivity contribution is 6.36. The van der Waals surface area contributed by atoms with Gasteiger partial charge >= 0.3 is 0 Å². The second-order valence-electron chi connectivity index (χ2n) is 6.33. The van der Waals surface area contributed by atoms with Gasteiger partial charge in [0.05, 0.1) is 21.8 Å². The Balaban J connectivity index is 2.29. The summed E-state index contributed by atoms with van der Waals surface area (Å²) in [5.74, 6) is -0.700. The van der Waals surface area contributed by atoms with E-state index in [1.54, 1.807) is 36.4 Å². The maximum absolute atomic E-state index is 12.5. The summed E-state index contributed by atoms with van der Waals surface area (Å²) in [6, 6.07) is 11.4. The third kappa shape index (κ3) is 4.73. The van der Waals surface area contributed by atoms with E-state index in [9.17, 15) is 9.59 Å². The largest absolute Gasteiger partial charge is 0.347 e. The molecule has 0 fully saturated rings. The van der Waals surface area contributed by atoms with Gasteiger partial charge in [-0.3, -0.25) is 9.59 Å². The molecular formula is C18H18Cl2N2O2. The van der Waals surface area contributed by atoms with E-state index < -0.39 is 5.91 Å². The van der Waals surface area contributed by atoms with Crippen molar-refractivity contribution < 1.29 is 9.59 Å². The highest BCUT2D eigenvalue weighted by Crippen LogP contribution is 2.23. The minimum Gasteiger partial charge on any atom is -0.347 e. The number of halogens is 2. The number of nitrogens with one attached hydrogen (secondary N) is 2. The second kappa shape index (κ2) is 7.24. The minimum atomic E-state index is -0.432. The summed E-state index contributed by atoms with van der Waals surface area (Å²) in [6.45, 7) is 5.66. The molecule has 0 unspecified atom stereocenters. The summed E-state index contributed by atoms with van der Waals surface area (Å²) in [6.07, 6.45) is 0. The van der Waals surface area contributed by atoms with Crippen molar-refractivity contribution in [2.45, 2.75) is 26.3 Å². The van der Waals surface area contributed by atoms with E-state index >= 15 is 0 Å². The molecule has 6 heteroatoms. The SMILES string of the molecule is CC(C)(C)NC(=O)c1ccccc1NC(=O)c1cc(Cl)ccc1Cl. The topological polar surface area (TPSA) is 58.2 Å². The molecule has 0 heterocycles. The fourth-order valence-electron chi connectivity index (χ4n) is 2.06. The Morgan fingerprint density at radius 2 is 1.58 bits per heavy atom. The van der Waals surface area contributed by atoms with Gasteiger partial charge in [0.25, 0.3) is 11.8 Å². The zero-order chi connectivity index (χ0) is 17.9. The lowest BCUT2D eigenvalue weighted by molar-refractivity contribution is 0.0920. The summed E-state index contributed by atoms with van der Waals surface area (Å²) in [5, 5.41) is 6.28. The van der Waals surface area contributed by atoms with Crippen LogP contribution in [0.2, 0.25) is 10.0 Å². The number of hydrogen-bond acceptors (Lipinski definition) is 2. The van der Waals surface area contributed by atoms with Crippen molar-refractivity contribution in [1.29, 1.82) is 0 Å². The number of hydrogen-bond donors (Lipinski definition) is 2. The predicted molar refractivity (Wildman–Crippen MR) is 98.1 cm³/mol. The van der Waals surface area contributed by atoms with Crippen LogP contribution in [0.15, 0.2) is 42.5 Å². The lowest BCUT2D eigenvalue weighted by atomic mass is 10.1. The Hall–Kier alpha value is -2.04. The summed E-state index contributed by atoms with van der Waals surface area (Å²) in [7, 11) is 0. The standard InChI is InChI=1S/C18H18Cl2N2O2/c1-18(2,3)22-17(24)12-6-4-5-7-15(12)21-16(23)13-10-11(19)8-9-14(13)20/h4-10H,1-3H3,(H,21,23)(H,22,24). The van der Waals surface area contributed by atoms with Crippen molar-refractivity contribution in [2.75, 3.05) is 5.32 Å². The molecule has 2 rings (SSSR count). The van der Waals surface area contributed by atoms with Crippen LogP contribution in [0.5, 0.6) is 0 Å². The quantitative estimate of drug-likeness (QED) is 0.823. The molecule has 0 aliphatic carbocycles. The van der Waals surface area contributed by atoms with E-state index in [2.05, 4.69) is 10.6 Å². The smallest absolute Gasteiger partial charge is 0.257 e. The predicted octanol–water partition coefficient (Wildman–Crippen LogP) is 4.77. The molecule has 2 N–H and O–H groups in total. The van der Waals surface area contributed by atoms with Crippen LogP contribution in [0.25, 0.3) is 0 Å². The molecule has 0 saturated heterocycles. The molecule has 24 heavy (non-hydrogen) atoms. The molecule has 0 radical (unpaired) electrons. The monoisotopic (exact) mass is 364 g/mol. The average Bonchev–Trinajstić information content (AvgIpc) is 2.48. The number of amides is 2. The number of benzene rings is 2. The van der Waals surface area contributed by atoms with Crippen molar-refractivity contribution in [3.8, 4) is 0 Å². The lowest BCUT2D eigenvalue weighted by Gasteiger charge is -2.21. The molecule has 4 nitrogen and oxygen atoms in total. The Labute approximate surface area is 151 Å². The molecular weight excluding hydrogens is 347 g/mol. The minimum absolute atomic E-state index is 0.246. The summed E-state index contributed by atoms with van der Waals surface area (Å²) in [4.78, 5) is 24.9. The number of carbonyl (C=O) groups excluding carboxylic acids is 2. The van der Waals surface area contributed by atoms with E-state index in [1.807, 2.05) is 20.8 Å². The first kappa shape index (κ1) is 18.3. The Kier molecular flexibility index (Phi) is 5.52. The van der Waals surface area contributed by atoms with E-state index in [0.29, 0.717) is 16.3 Å². The van der Waals surface area contributed by atoms with Crippen LogP contribution in [-0.4, -0.2) is 17.4 Å². The fourth-order valence-corrected chi connectivity index (χ4v) is 2.43. The highest BCUT2D eigenvalue weighted by Gasteiger charge is 2.19. The maximum atomic E-state index is 12.5. The molecule has 0 bridgehead atoms. The number of rotatable bonds is 3. The molecule has 0 atom stereocenters. The first-order valence-corrected chi connectivity index (χ1v) is 8.11. The lowest BCUT2D eigenvalue weighted by Crippen LogP contribution is -2.40. The molecule has 0 saturated carbocycles. The van der Waals surface area contributed by atoms with Gasteiger partial charge in [-0.1, -0.05) is 35.3 Å². The summed E-state index contributed by atoms with van der Waals surface area (Å²) in [5.41, 5.74) is 0.638. The molecule has 0 aliphatic rings. The molecule has 0 aromatic heterocycles. The average molecular weight is 365 g/mol. The van der Waals surface area contributed by atoms with Crippen molar-refractivity contribution in [3.63, 3.8) is 0 Å². The highest BCUT2D eigenvalue weighted by atomic mass is 35.5. The first-order valence-electron chi connectivity index (χ1n) is 7.35. The Morgan fingerprint density at radius 1 is 0.917 bits per heavy atom. The number of carbonyl (C=O) groups is 2. The molecule has 2 amide bonds. The third-order valence-electron chi connectivity index (χ3n) is 3.08. The van der Waals surface area contributed by atoms with Crippen molar-refractivity contribution >= 4 is 40.7 Å². The number of anilines is 1. The van der Waals surface area contributed by atoms with Gasteiger partial charge in [0.1, 0.15) is 0 Å². The van der Waals surface area contributed by atoms with Gasteiger partial charge in [0.15, 0.2) is 0 Å². The van der Waals surface area contributed by atoms with Crippen LogP contribution in [-0.2, 0) is 0 Å². The first-order chi connectivity index (χ1) is 11.2. The van der Waals surface area contributed by atoms with Crippen LogP contribution in [0, 0.1) is 0 Å². The zero-order valence-electron chi connectivity index (χ0n) is 13.6.